The number of nitrogens with one attached hydrogen (secondary N) is 1. The van der Waals surface area contributed by atoms with Gasteiger partial charge in [-0.1, -0.05) is 117 Å². The van der Waals surface area contributed by atoms with E-state index in [0.29, 0.717) is 29.2 Å². The van der Waals surface area contributed by atoms with Gasteiger partial charge in [-0.2, -0.15) is 0 Å². The van der Waals surface area contributed by atoms with Crippen LogP contribution in [0.3, 0.4) is 0 Å². The van der Waals surface area contributed by atoms with Gasteiger partial charge >= 0.3 is 0 Å². The Morgan fingerprint density at radius 1 is 0.800 bits per heavy atom. The van der Waals surface area contributed by atoms with Gasteiger partial charge in [0, 0.05) is 24.5 Å². The summed E-state index contributed by atoms with van der Waals surface area (Å²) >= 11 is 6.57. The molecule has 9 heteroatoms. The zero-order valence-electron chi connectivity index (χ0n) is 25.7. The average molecular weight is 646 g/mol. The number of para-hydroxylation sites is 1. The van der Waals surface area contributed by atoms with Crippen LogP contribution < -0.4 is 9.62 Å². The van der Waals surface area contributed by atoms with Crippen molar-refractivity contribution in [1.82, 2.24) is 10.2 Å². The van der Waals surface area contributed by atoms with Crippen LogP contribution in [-0.4, -0.2) is 44.3 Å². The van der Waals surface area contributed by atoms with Gasteiger partial charge in [0.25, 0.3) is 10.0 Å². The minimum atomic E-state index is -4.16. The maximum absolute atomic E-state index is 14.6. The van der Waals surface area contributed by atoms with Gasteiger partial charge in [-0.25, -0.2) is 8.42 Å². The molecule has 1 N–H and O–H groups in total. The number of nitrogens with zero attached hydrogens (tertiary/aromatic N) is 2. The summed E-state index contributed by atoms with van der Waals surface area (Å²) in [7, 11) is -4.16. The first-order valence-corrected chi connectivity index (χ1v) is 17.1. The van der Waals surface area contributed by atoms with Gasteiger partial charge in [-0.3, -0.25) is 13.9 Å². The number of halogens is 1. The van der Waals surface area contributed by atoms with E-state index in [9.17, 15) is 18.0 Å². The van der Waals surface area contributed by atoms with E-state index in [0.717, 1.165) is 28.3 Å². The minimum absolute atomic E-state index is 0.0197. The lowest BCUT2D eigenvalue weighted by molar-refractivity contribution is -0.140. The van der Waals surface area contributed by atoms with Crippen LogP contribution in [0, 0.1) is 0 Å². The molecule has 0 heterocycles. The fourth-order valence-corrected chi connectivity index (χ4v) is 6.82. The molecule has 236 valence electrons. The lowest BCUT2D eigenvalue weighted by Crippen LogP contribution is -2.53. The topological polar surface area (TPSA) is 86.8 Å². The monoisotopic (exact) mass is 645 g/mol. The van der Waals surface area contributed by atoms with Crippen LogP contribution in [0.4, 0.5) is 5.69 Å². The molecular formula is C36H40ClN3O4S. The Kier molecular flexibility index (Phi) is 12.2. The molecule has 1 unspecified atom stereocenters. The predicted molar refractivity (Wildman–Crippen MR) is 181 cm³/mol. The number of aryl methyl sites for hydroxylation is 1. The molecule has 0 bridgehead atoms. The summed E-state index contributed by atoms with van der Waals surface area (Å²) in [4.78, 5) is 30.0. The summed E-state index contributed by atoms with van der Waals surface area (Å²) < 4.78 is 29.6. The Labute approximate surface area is 271 Å². The summed E-state index contributed by atoms with van der Waals surface area (Å²) in [5.74, 6) is -0.828. The van der Waals surface area contributed by atoms with Crippen LogP contribution in [-0.2, 0) is 39.0 Å². The summed E-state index contributed by atoms with van der Waals surface area (Å²) in [6.45, 7) is 3.95. The first kappa shape index (κ1) is 33.7. The fourth-order valence-electron chi connectivity index (χ4n) is 5.16. The van der Waals surface area contributed by atoms with Crippen molar-refractivity contribution in [3.63, 3.8) is 0 Å². The predicted octanol–water partition coefficient (Wildman–Crippen LogP) is 6.65. The SMILES string of the molecule is CCCCNC(=O)C(Cc1ccccc1)N(Cc1ccccc1Cl)C(=O)CN(c1ccccc1CC)S(=O)(=O)c1ccccc1. The molecule has 2 amide bonds. The van der Waals surface area contributed by atoms with Crippen LogP contribution in [0.1, 0.15) is 43.4 Å². The van der Waals surface area contributed by atoms with Crippen LogP contribution in [0.5, 0.6) is 0 Å². The molecule has 0 spiro atoms. The first-order chi connectivity index (χ1) is 21.8. The van der Waals surface area contributed by atoms with Gasteiger partial charge in [0.2, 0.25) is 11.8 Å². The number of carbonyl (C=O) groups excluding carboxylic acids is 2. The van der Waals surface area contributed by atoms with Crippen LogP contribution >= 0.6 is 11.6 Å². The summed E-state index contributed by atoms with van der Waals surface area (Å²) in [6, 6.07) is 31.0. The van der Waals surface area contributed by atoms with Crippen molar-refractivity contribution in [2.24, 2.45) is 0 Å². The maximum Gasteiger partial charge on any atom is 0.264 e. The average Bonchev–Trinajstić information content (AvgIpc) is 3.06. The van der Waals surface area contributed by atoms with E-state index in [1.165, 1.54) is 17.0 Å². The zero-order chi connectivity index (χ0) is 32.2. The van der Waals surface area contributed by atoms with Crippen LogP contribution in [0.25, 0.3) is 0 Å². The molecule has 4 aromatic carbocycles. The third kappa shape index (κ3) is 8.74. The van der Waals surface area contributed by atoms with Gasteiger partial charge in [0.1, 0.15) is 12.6 Å². The van der Waals surface area contributed by atoms with E-state index in [-0.39, 0.29) is 23.8 Å². The van der Waals surface area contributed by atoms with Crippen molar-refractivity contribution < 1.29 is 18.0 Å². The molecule has 0 aliphatic heterocycles. The third-order valence-corrected chi connectivity index (χ3v) is 9.79. The molecule has 0 saturated heterocycles. The number of amides is 2. The second kappa shape index (κ2) is 16.3. The van der Waals surface area contributed by atoms with Crippen molar-refractivity contribution >= 4 is 39.1 Å². The minimum Gasteiger partial charge on any atom is -0.354 e. The van der Waals surface area contributed by atoms with Crippen LogP contribution in [0.2, 0.25) is 5.02 Å². The number of sulfonamides is 1. The Morgan fingerprint density at radius 3 is 2.04 bits per heavy atom. The van der Waals surface area contributed by atoms with Crippen molar-refractivity contribution in [3.05, 3.63) is 131 Å². The molecule has 45 heavy (non-hydrogen) atoms. The Bertz CT molecular complexity index is 1670. The lowest BCUT2D eigenvalue weighted by atomic mass is 10.0. The van der Waals surface area contributed by atoms with E-state index < -0.39 is 28.5 Å². The summed E-state index contributed by atoms with van der Waals surface area (Å²) in [5.41, 5.74) is 2.72. The molecule has 7 nitrogen and oxygen atoms in total. The number of rotatable bonds is 15. The molecule has 0 aliphatic carbocycles. The van der Waals surface area contributed by atoms with Gasteiger partial charge in [0.05, 0.1) is 10.6 Å². The van der Waals surface area contributed by atoms with Crippen molar-refractivity contribution in [2.75, 3.05) is 17.4 Å². The van der Waals surface area contributed by atoms with E-state index in [4.69, 9.17) is 11.6 Å². The number of hydrogen-bond acceptors (Lipinski definition) is 4. The molecule has 0 aliphatic rings. The lowest BCUT2D eigenvalue weighted by Gasteiger charge is -2.34. The van der Waals surface area contributed by atoms with Gasteiger partial charge in [0.15, 0.2) is 0 Å². The highest BCUT2D eigenvalue weighted by atomic mass is 35.5. The Morgan fingerprint density at radius 2 is 1.40 bits per heavy atom. The number of anilines is 1. The second-order valence-corrected chi connectivity index (χ2v) is 13.0. The summed E-state index contributed by atoms with van der Waals surface area (Å²) in [6.07, 6.45) is 2.49. The molecule has 1 atom stereocenters. The number of benzene rings is 4. The van der Waals surface area contributed by atoms with E-state index >= 15 is 0 Å². The molecule has 4 aromatic rings. The first-order valence-electron chi connectivity index (χ1n) is 15.3. The largest absolute Gasteiger partial charge is 0.354 e. The number of carbonyl (C=O) groups is 2. The number of unbranched alkanes of at least 4 members (excludes halogenated alkanes) is 1. The number of hydrogen-bond donors (Lipinski definition) is 1. The normalized spacial score (nSPS) is 11.9. The standard InChI is InChI=1S/C36H40ClN3O4S/c1-3-5-24-38-36(42)34(25-28-16-8-6-9-17-28)39(26-30-19-12-14-22-32(30)37)35(41)27-40(33-23-15-13-18-29(33)4-2)45(43,44)31-20-10-7-11-21-31/h6-23,34H,3-5,24-27H2,1-2H3,(H,38,42). The molecule has 0 aromatic heterocycles. The van der Waals surface area contributed by atoms with E-state index in [1.807, 2.05) is 68.4 Å². The molecule has 0 saturated carbocycles. The molecule has 0 radical (unpaired) electrons. The van der Waals surface area contributed by atoms with Crippen molar-refractivity contribution in [2.45, 2.75) is 57.0 Å². The fraction of sp³-hybridized carbons (Fsp3) is 0.278. The van der Waals surface area contributed by atoms with Crippen molar-refractivity contribution in [1.29, 1.82) is 0 Å². The highest BCUT2D eigenvalue weighted by Crippen LogP contribution is 2.29. The maximum atomic E-state index is 14.6. The molecule has 0 fully saturated rings. The van der Waals surface area contributed by atoms with Gasteiger partial charge in [-0.05, 0) is 53.8 Å². The summed E-state index contributed by atoms with van der Waals surface area (Å²) in [5, 5.41) is 3.45. The van der Waals surface area contributed by atoms with E-state index in [1.54, 1.807) is 42.5 Å². The molecular weight excluding hydrogens is 606 g/mol. The highest BCUT2D eigenvalue weighted by molar-refractivity contribution is 7.92. The highest BCUT2D eigenvalue weighted by Gasteiger charge is 2.35. The zero-order valence-corrected chi connectivity index (χ0v) is 27.3. The van der Waals surface area contributed by atoms with Gasteiger partial charge in [-0.15, -0.1) is 0 Å². The third-order valence-electron chi connectivity index (χ3n) is 7.65. The van der Waals surface area contributed by atoms with Crippen LogP contribution in [0.15, 0.2) is 114 Å². The smallest absolute Gasteiger partial charge is 0.264 e. The Hall–Kier alpha value is -4.14. The Balaban J connectivity index is 1.82. The molecule has 4 rings (SSSR count). The van der Waals surface area contributed by atoms with Crippen molar-refractivity contribution in [3.8, 4) is 0 Å². The van der Waals surface area contributed by atoms with Gasteiger partial charge < -0.3 is 10.2 Å². The second-order valence-electron chi connectivity index (χ2n) is 10.8. The van der Waals surface area contributed by atoms with E-state index in [2.05, 4.69) is 5.32 Å². The quantitative estimate of drug-likeness (QED) is 0.147.